The summed E-state index contributed by atoms with van der Waals surface area (Å²) in [6.07, 6.45) is 3.09. The second-order valence-corrected chi connectivity index (χ2v) is 5.55. The highest BCUT2D eigenvalue weighted by molar-refractivity contribution is 5.83. The minimum atomic E-state index is -0.944. The normalized spacial score (nSPS) is 26.4. The Bertz CT molecular complexity index is 469. The molecule has 1 aromatic carbocycles. The Morgan fingerprint density at radius 2 is 2.26 bits per heavy atom. The van der Waals surface area contributed by atoms with Crippen LogP contribution < -0.4 is 5.32 Å². The van der Waals surface area contributed by atoms with Gasteiger partial charge in [-0.15, -0.1) is 0 Å². The Labute approximate surface area is 112 Å². The number of hydrogen-bond donors (Lipinski definition) is 2. The van der Waals surface area contributed by atoms with Gasteiger partial charge in [0.25, 0.3) is 0 Å². The number of nitrogens with one attached hydrogen (secondary N) is 1. The van der Waals surface area contributed by atoms with E-state index in [1.807, 2.05) is 0 Å². The summed E-state index contributed by atoms with van der Waals surface area (Å²) in [6.45, 7) is 3.88. The molecule has 2 N–H and O–H groups in total. The van der Waals surface area contributed by atoms with E-state index in [9.17, 15) is 14.3 Å². The minimum absolute atomic E-state index is 0.340. The number of anilines is 1. The number of carbonyl (C=O) groups is 1. The lowest BCUT2D eigenvalue weighted by atomic mass is 9.94. The van der Waals surface area contributed by atoms with E-state index in [0.717, 1.165) is 18.4 Å². The first-order valence-electron chi connectivity index (χ1n) is 6.74. The van der Waals surface area contributed by atoms with Crippen LogP contribution in [0.25, 0.3) is 0 Å². The Hall–Kier alpha value is -1.58. The minimum Gasteiger partial charge on any atom is -0.480 e. The molecule has 0 amide bonds. The van der Waals surface area contributed by atoms with Gasteiger partial charge in [-0.2, -0.15) is 0 Å². The molecule has 0 heterocycles. The zero-order chi connectivity index (χ0) is 14.0. The molecule has 1 saturated carbocycles. The molecule has 0 bridgehead atoms. The van der Waals surface area contributed by atoms with E-state index >= 15 is 0 Å². The van der Waals surface area contributed by atoms with Gasteiger partial charge in [-0.3, -0.25) is 0 Å². The van der Waals surface area contributed by atoms with Crippen molar-refractivity contribution >= 4 is 11.7 Å². The number of aliphatic carboxylic acids is 1. The first-order valence-corrected chi connectivity index (χ1v) is 6.74. The molecule has 0 saturated heterocycles. The second-order valence-electron chi connectivity index (χ2n) is 5.55. The third-order valence-electron chi connectivity index (χ3n) is 4.03. The van der Waals surface area contributed by atoms with Crippen molar-refractivity contribution in [3.63, 3.8) is 0 Å². The summed E-state index contributed by atoms with van der Waals surface area (Å²) >= 11 is 0. The van der Waals surface area contributed by atoms with Crippen LogP contribution in [0.3, 0.4) is 0 Å². The van der Waals surface area contributed by atoms with Crippen LogP contribution in [0.15, 0.2) is 18.2 Å². The second kappa shape index (κ2) is 5.19. The van der Waals surface area contributed by atoms with Gasteiger partial charge in [-0.1, -0.05) is 13.3 Å². The lowest BCUT2D eigenvalue weighted by Crippen LogP contribution is -2.44. The van der Waals surface area contributed by atoms with Gasteiger partial charge < -0.3 is 10.4 Å². The van der Waals surface area contributed by atoms with Gasteiger partial charge in [0, 0.05) is 5.69 Å². The van der Waals surface area contributed by atoms with Crippen LogP contribution in [0.4, 0.5) is 10.1 Å². The van der Waals surface area contributed by atoms with Crippen LogP contribution in [0.2, 0.25) is 0 Å². The molecule has 2 atom stereocenters. The van der Waals surface area contributed by atoms with Crippen molar-refractivity contribution in [3.8, 4) is 0 Å². The Balaban J connectivity index is 2.24. The van der Waals surface area contributed by atoms with Gasteiger partial charge in [-0.25, -0.2) is 9.18 Å². The number of aryl methyl sites for hydroxylation is 1. The zero-order valence-corrected chi connectivity index (χ0v) is 11.4. The SMILES string of the molecule is CCC1CCC(Nc2cc(C)cc(F)c2)(C(=O)O)C1. The molecule has 0 aromatic heterocycles. The summed E-state index contributed by atoms with van der Waals surface area (Å²) in [7, 11) is 0. The van der Waals surface area contributed by atoms with Gasteiger partial charge >= 0.3 is 5.97 Å². The summed E-state index contributed by atoms with van der Waals surface area (Å²) in [5, 5.41) is 12.6. The molecule has 4 heteroatoms. The van der Waals surface area contributed by atoms with Crippen molar-refractivity contribution in [3.05, 3.63) is 29.6 Å². The van der Waals surface area contributed by atoms with Crippen molar-refractivity contribution in [2.24, 2.45) is 5.92 Å². The molecule has 2 rings (SSSR count). The van der Waals surface area contributed by atoms with E-state index in [1.165, 1.54) is 12.1 Å². The molecule has 0 radical (unpaired) electrons. The maximum atomic E-state index is 13.4. The standard InChI is InChI=1S/C15H20FNO2/c1-3-11-4-5-15(9-11,14(18)19)17-13-7-10(2)6-12(16)8-13/h6-8,11,17H,3-5,9H2,1-2H3,(H,18,19). The highest BCUT2D eigenvalue weighted by Gasteiger charge is 2.45. The molecule has 1 aliphatic rings. The summed E-state index contributed by atoms with van der Waals surface area (Å²) in [4.78, 5) is 11.6. The van der Waals surface area contributed by atoms with Crippen LogP contribution >= 0.6 is 0 Å². The Kier molecular flexibility index (Phi) is 3.78. The number of rotatable bonds is 4. The predicted molar refractivity (Wildman–Crippen MR) is 72.8 cm³/mol. The largest absolute Gasteiger partial charge is 0.480 e. The quantitative estimate of drug-likeness (QED) is 0.874. The first-order chi connectivity index (χ1) is 8.95. The fourth-order valence-corrected chi connectivity index (χ4v) is 2.94. The van der Waals surface area contributed by atoms with Crippen molar-refractivity contribution in [2.75, 3.05) is 5.32 Å². The number of carboxylic acids is 1. The third kappa shape index (κ3) is 2.88. The first kappa shape index (κ1) is 13.8. The highest BCUT2D eigenvalue weighted by atomic mass is 19.1. The van der Waals surface area contributed by atoms with E-state index in [-0.39, 0.29) is 5.82 Å². The molecular weight excluding hydrogens is 245 g/mol. The Morgan fingerprint density at radius 3 is 2.79 bits per heavy atom. The van der Waals surface area contributed by atoms with Crippen LogP contribution in [0.1, 0.15) is 38.2 Å². The molecule has 1 fully saturated rings. The van der Waals surface area contributed by atoms with Gasteiger partial charge in [0.1, 0.15) is 11.4 Å². The molecule has 2 unspecified atom stereocenters. The summed E-state index contributed by atoms with van der Waals surface area (Å²) in [5.41, 5.74) is 0.394. The maximum Gasteiger partial charge on any atom is 0.329 e. The summed E-state index contributed by atoms with van der Waals surface area (Å²) in [6, 6.07) is 4.58. The van der Waals surface area contributed by atoms with E-state index < -0.39 is 11.5 Å². The number of halogens is 1. The van der Waals surface area contributed by atoms with Crippen LogP contribution in [-0.2, 0) is 4.79 Å². The number of benzene rings is 1. The number of carboxylic acid groups (broad SMARTS) is 1. The maximum absolute atomic E-state index is 13.4. The van der Waals surface area contributed by atoms with Gasteiger partial charge in [0.2, 0.25) is 0 Å². The Morgan fingerprint density at radius 1 is 1.53 bits per heavy atom. The van der Waals surface area contributed by atoms with Crippen molar-refractivity contribution in [1.29, 1.82) is 0 Å². The zero-order valence-electron chi connectivity index (χ0n) is 11.4. The molecule has 3 nitrogen and oxygen atoms in total. The van der Waals surface area contributed by atoms with E-state index in [4.69, 9.17) is 0 Å². The molecular formula is C15H20FNO2. The average Bonchev–Trinajstić information content (AvgIpc) is 2.72. The monoisotopic (exact) mass is 265 g/mol. The topological polar surface area (TPSA) is 49.3 Å². The van der Waals surface area contributed by atoms with Crippen LogP contribution in [0.5, 0.6) is 0 Å². The molecule has 1 aromatic rings. The lowest BCUT2D eigenvalue weighted by Gasteiger charge is -2.27. The molecule has 0 spiro atoms. The lowest BCUT2D eigenvalue weighted by molar-refractivity contribution is -0.142. The predicted octanol–water partition coefficient (Wildman–Crippen LogP) is 3.58. The van der Waals surface area contributed by atoms with Gasteiger partial charge in [0.05, 0.1) is 0 Å². The molecule has 19 heavy (non-hydrogen) atoms. The summed E-state index contributed by atoms with van der Waals surface area (Å²) < 4.78 is 13.4. The highest BCUT2D eigenvalue weighted by Crippen LogP contribution is 2.39. The van der Waals surface area contributed by atoms with Crippen LogP contribution in [0, 0.1) is 18.7 Å². The molecule has 0 aliphatic heterocycles. The average molecular weight is 265 g/mol. The van der Waals surface area contributed by atoms with E-state index in [0.29, 0.717) is 24.4 Å². The number of hydrogen-bond acceptors (Lipinski definition) is 2. The van der Waals surface area contributed by atoms with Crippen molar-refractivity contribution in [1.82, 2.24) is 0 Å². The van der Waals surface area contributed by atoms with Crippen molar-refractivity contribution in [2.45, 2.75) is 45.1 Å². The van der Waals surface area contributed by atoms with Crippen LogP contribution in [-0.4, -0.2) is 16.6 Å². The summed E-state index contributed by atoms with van der Waals surface area (Å²) in [5.74, 6) is -0.753. The van der Waals surface area contributed by atoms with E-state index in [1.54, 1.807) is 13.0 Å². The smallest absolute Gasteiger partial charge is 0.329 e. The fraction of sp³-hybridized carbons (Fsp3) is 0.533. The van der Waals surface area contributed by atoms with Gasteiger partial charge in [0.15, 0.2) is 0 Å². The van der Waals surface area contributed by atoms with Gasteiger partial charge in [-0.05, 0) is 55.9 Å². The molecule has 1 aliphatic carbocycles. The third-order valence-corrected chi connectivity index (χ3v) is 4.03. The van der Waals surface area contributed by atoms with E-state index in [2.05, 4.69) is 12.2 Å². The molecule has 104 valence electrons. The van der Waals surface area contributed by atoms with Crippen molar-refractivity contribution < 1.29 is 14.3 Å². The fourth-order valence-electron chi connectivity index (χ4n) is 2.94.